The lowest BCUT2D eigenvalue weighted by Gasteiger charge is -2.36. The van der Waals surface area contributed by atoms with Crippen LogP contribution in [0.3, 0.4) is 0 Å². The van der Waals surface area contributed by atoms with Crippen LogP contribution >= 0.6 is 0 Å². The average Bonchev–Trinajstić information content (AvgIpc) is 3.56. The number of phenols is 1. The number of esters is 1. The molecule has 1 aromatic carbocycles. The van der Waals surface area contributed by atoms with Crippen LogP contribution in [0, 0.1) is 0 Å². The van der Waals surface area contributed by atoms with Gasteiger partial charge in [-0.3, -0.25) is 4.79 Å². The molecule has 0 amide bonds. The van der Waals surface area contributed by atoms with E-state index in [1.54, 1.807) is 24.5 Å². The number of hydrogen-bond donors (Lipinski definition) is 2. The zero-order chi connectivity index (χ0) is 24.5. The lowest BCUT2D eigenvalue weighted by molar-refractivity contribution is -0.142. The Hall–Kier alpha value is -3.52. The number of nitrogens with one attached hydrogen (secondary N) is 1. The molecular formula is C27H29NO7. The molecule has 2 aliphatic heterocycles. The minimum absolute atomic E-state index is 0.0628. The van der Waals surface area contributed by atoms with Crippen LogP contribution in [-0.4, -0.2) is 43.3 Å². The quantitative estimate of drug-likeness (QED) is 0.597. The van der Waals surface area contributed by atoms with Gasteiger partial charge < -0.3 is 29.1 Å². The Morgan fingerprint density at radius 2 is 2.11 bits per heavy atom. The van der Waals surface area contributed by atoms with Crippen molar-refractivity contribution in [3.63, 3.8) is 0 Å². The van der Waals surface area contributed by atoms with Gasteiger partial charge in [-0.05, 0) is 56.0 Å². The largest absolute Gasteiger partial charge is 0.504 e. The number of aromatic hydroxyl groups is 1. The van der Waals surface area contributed by atoms with Gasteiger partial charge in [-0.1, -0.05) is 6.07 Å². The third-order valence-corrected chi connectivity index (χ3v) is 6.95. The summed E-state index contributed by atoms with van der Waals surface area (Å²) in [5.41, 5.74) is 2.87. The molecule has 5 rings (SSSR count). The predicted molar refractivity (Wildman–Crippen MR) is 126 cm³/mol. The third kappa shape index (κ3) is 4.46. The molecule has 3 atom stereocenters. The van der Waals surface area contributed by atoms with Crippen molar-refractivity contribution in [1.29, 1.82) is 0 Å². The fourth-order valence-electron chi connectivity index (χ4n) is 5.28. The highest BCUT2D eigenvalue weighted by Crippen LogP contribution is 2.47. The highest BCUT2D eigenvalue weighted by atomic mass is 16.6. The molecule has 1 saturated heterocycles. The minimum atomic E-state index is -0.676. The molecule has 35 heavy (non-hydrogen) atoms. The molecule has 3 heterocycles. The van der Waals surface area contributed by atoms with Crippen molar-refractivity contribution in [1.82, 2.24) is 5.32 Å². The maximum absolute atomic E-state index is 13.5. The summed E-state index contributed by atoms with van der Waals surface area (Å²) >= 11 is 0. The van der Waals surface area contributed by atoms with E-state index in [1.807, 2.05) is 19.1 Å². The summed E-state index contributed by atoms with van der Waals surface area (Å²) < 4.78 is 22.0. The monoisotopic (exact) mass is 479 g/mol. The number of phenolic OH excluding ortho intramolecular Hbond substituents is 1. The highest BCUT2D eigenvalue weighted by Gasteiger charge is 2.42. The van der Waals surface area contributed by atoms with Gasteiger partial charge in [0.25, 0.3) is 0 Å². The van der Waals surface area contributed by atoms with Crippen LogP contribution in [0.2, 0.25) is 0 Å². The van der Waals surface area contributed by atoms with Crippen molar-refractivity contribution in [3.05, 3.63) is 70.5 Å². The highest BCUT2D eigenvalue weighted by molar-refractivity contribution is 6.04. The van der Waals surface area contributed by atoms with Gasteiger partial charge in [-0.2, -0.15) is 0 Å². The molecule has 0 bridgehead atoms. The van der Waals surface area contributed by atoms with E-state index in [2.05, 4.69) is 5.32 Å². The van der Waals surface area contributed by atoms with Gasteiger partial charge >= 0.3 is 5.97 Å². The van der Waals surface area contributed by atoms with E-state index in [4.69, 9.17) is 18.6 Å². The summed E-state index contributed by atoms with van der Waals surface area (Å²) in [6.07, 6.45) is 4.13. The van der Waals surface area contributed by atoms with Crippen LogP contribution in [0.1, 0.15) is 55.8 Å². The van der Waals surface area contributed by atoms with Gasteiger partial charge in [-0.25, -0.2) is 4.79 Å². The molecule has 0 radical (unpaired) electrons. The van der Waals surface area contributed by atoms with Crippen molar-refractivity contribution < 1.29 is 33.3 Å². The Kier molecular flexibility index (Phi) is 6.38. The summed E-state index contributed by atoms with van der Waals surface area (Å²) in [5, 5.41) is 13.8. The van der Waals surface area contributed by atoms with Crippen molar-refractivity contribution in [2.24, 2.45) is 0 Å². The van der Waals surface area contributed by atoms with Crippen LogP contribution < -0.4 is 10.1 Å². The average molecular weight is 480 g/mol. The Balaban J connectivity index is 1.52. The lowest BCUT2D eigenvalue weighted by Crippen LogP contribution is -2.36. The maximum atomic E-state index is 13.5. The Bertz CT molecular complexity index is 1190. The van der Waals surface area contributed by atoms with E-state index < -0.39 is 11.9 Å². The van der Waals surface area contributed by atoms with Gasteiger partial charge in [0.05, 0.1) is 25.1 Å². The number of carbonyl (C=O) groups excluding carboxylic acids is 2. The first kappa shape index (κ1) is 23.2. The number of allylic oxidation sites excluding steroid dienone is 3. The summed E-state index contributed by atoms with van der Waals surface area (Å²) in [5.74, 6) is -0.330. The number of dihydropyridines is 1. The molecule has 8 heteroatoms. The molecule has 0 spiro atoms. The maximum Gasteiger partial charge on any atom is 0.336 e. The number of hydrogen-bond acceptors (Lipinski definition) is 8. The zero-order valence-corrected chi connectivity index (χ0v) is 19.8. The molecule has 2 N–H and O–H groups in total. The number of ketones is 1. The number of carbonyl (C=O) groups is 2. The van der Waals surface area contributed by atoms with E-state index in [0.717, 1.165) is 24.3 Å². The summed E-state index contributed by atoms with van der Waals surface area (Å²) in [6, 6.07) is 8.64. The normalized spacial score (nSPS) is 24.3. The second kappa shape index (κ2) is 9.62. The number of Topliss-reactive ketones (excluding diaryl/α,β-unsaturated/α-hetero) is 1. The van der Waals surface area contributed by atoms with Crippen LogP contribution in [0.15, 0.2) is 63.6 Å². The summed E-state index contributed by atoms with van der Waals surface area (Å²) in [6.45, 7) is 2.64. The molecule has 0 unspecified atom stereocenters. The van der Waals surface area contributed by atoms with E-state index in [9.17, 15) is 14.7 Å². The van der Waals surface area contributed by atoms with E-state index in [1.165, 1.54) is 7.11 Å². The van der Waals surface area contributed by atoms with Crippen molar-refractivity contribution in [3.8, 4) is 11.5 Å². The number of ether oxygens (including phenoxy) is 3. The van der Waals surface area contributed by atoms with E-state index >= 15 is 0 Å². The van der Waals surface area contributed by atoms with Crippen LogP contribution in [0.4, 0.5) is 0 Å². The molecule has 3 aliphatic rings. The smallest absolute Gasteiger partial charge is 0.336 e. The van der Waals surface area contributed by atoms with Crippen LogP contribution in [-0.2, 0) is 19.1 Å². The van der Waals surface area contributed by atoms with Gasteiger partial charge in [0.1, 0.15) is 12.4 Å². The SMILES string of the molecule is COc1ccc([C@H]2C(C(=O)OC[C@@H]3CCCO3)=C(C)NC3=C2C(=O)C[C@@H](c2ccco2)C3)cc1O. The van der Waals surface area contributed by atoms with Crippen molar-refractivity contribution in [2.75, 3.05) is 20.3 Å². The summed E-state index contributed by atoms with van der Waals surface area (Å²) in [4.78, 5) is 26.9. The van der Waals surface area contributed by atoms with Crippen LogP contribution in [0.25, 0.3) is 0 Å². The molecule has 8 nitrogen and oxygen atoms in total. The minimum Gasteiger partial charge on any atom is -0.504 e. The predicted octanol–water partition coefficient (Wildman–Crippen LogP) is 4.08. The first-order chi connectivity index (χ1) is 17.0. The number of benzene rings is 1. The number of furan rings is 1. The fourth-order valence-corrected chi connectivity index (χ4v) is 5.28. The zero-order valence-electron chi connectivity index (χ0n) is 19.8. The van der Waals surface area contributed by atoms with Gasteiger partial charge in [-0.15, -0.1) is 0 Å². The van der Waals surface area contributed by atoms with Crippen molar-refractivity contribution in [2.45, 2.75) is 50.5 Å². The van der Waals surface area contributed by atoms with Gasteiger partial charge in [0.15, 0.2) is 17.3 Å². The lowest BCUT2D eigenvalue weighted by atomic mass is 9.72. The molecule has 1 fully saturated rings. The topological polar surface area (TPSA) is 107 Å². The Morgan fingerprint density at radius 1 is 1.26 bits per heavy atom. The summed E-state index contributed by atoms with van der Waals surface area (Å²) in [7, 11) is 1.47. The van der Waals surface area contributed by atoms with Gasteiger partial charge in [0.2, 0.25) is 0 Å². The fraction of sp³-hybridized carbons (Fsp3) is 0.407. The van der Waals surface area contributed by atoms with E-state index in [0.29, 0.717) is 41.2 Å². The molecule has 184 valence electrons. The second-order valence-corrected chi connectivity index (χ2v) is 9.20. The van der Waals surface area contributed by atoms with Crippen molar-refractivity contribution >= 4 is 11.8 Å². The Labute approximate surface area is 203 Å². The molecule has 1 aliphatic carbocycles. The molecular weight excluding hydrogens is 450 g/mol. The number of methoxy groups -OCH3 is 1. The van der Waals surface area contributed by atoms with Gasteiger partial charge in [0, 0.05) is 41.8 Å². The first-order valence-corrected chi connectivity index (χ1v) is 11.9. The molecule has 0 saturated carbocycles. The Morgan fingerprint density at radius 3 is 2.80 bits per heavy atom. The van der Waals surface area contributed by atoms with E-state index in [-0.39, 0.29) is 36.6 Å². The first-order valence-electron chi connectivity index (χ1n) is 11.9. The van der Waals surface area contributed by atoms with Crippen LogP contribution in [0.5, 0.6) is 11.5 Å². The molecule has 1 aromatic heterocycles. The number of rotatable bonds is 6. The second-order valence-electron chi connectivity index (χ2n) is 9.20. The molecule has 2 aromatic rings. The standard InChI is InChI=1S/C27H29NO7/c1-15-24(27(31)35-14-18-5-3-9-33-18)25(16-7-8-23(32-2)20(29)12-16)26-19(28-15)11-17(13-21(26)30)22-6-4-10-34-22/h4,6-8,10,12,17-18,25,28-29H,3,5,9,11,13-14H2,1-2H3/t17-,18-,25-/m0/s1. The third-order valence-electron chi connectivity index (χ3n) is 6.95.